The molecule has 2 aromatic rings. The van der Waals surface area contributed by atoms with Gasteiger partial charge in [-0.05, 0) is 37.6 Å². The topological polar surface area (TPSA) is 51.2 Å². The highest BCUT2D eigenvalue weighted by molar-refractivity contribution is 6.32. The van der Waals surface area contributed by atoms with E-state index in [9.17, 15) is 18.0 Å². The van der Waals surface area contributed by atoms with Gasteiger partial charge in [-0.2, -0.15) is 13.2 Å². The Labute approximate surface area is 141 Å². The number of amides is 1. The van der Waals surface area contributed by atoms with Crippen LogP contribution in [0.5, 0.6) is 11.6 Å². The summed E-state index contributed by atoms with van der Waals surface area (Å²) >= 11 is 6.14. The van der Waals surface area contributed by atoms with Gasteiger partial charge in [0.05, 0.1) is 10.6 Å². The normalized spacial score (nSPS) is 11.3. The van der Waals surface area contributed by atoms with E-state index >= 15 is 0 Å². The number of carbonyl (C=O) groups is 1. The molecule has 2 rings (SSSR count). The lowest BCUT2D eigenvalue weighted by Gasteiger charge is -2.14. The minimum atomic E-state index is -4.47. The number of benzene rings is 1. The standard InChI is InChI=1S/C16H14ClF3N2O2/c1-8-5-12(22-10(3)23)6-13(17)14(8)24-15-9(2)4-11(7-21-15)16(18,19)20/h4-7H,1-3H3,(H,22,23). The number of halogens is 4. The van der Waals surface area contributed by atoms with Crippen LogP contribution in [0, 0.1) is 13.8 Å². The second-order valence-electron chi connectivity index (χ2n) is 5.23. The van der Waals surface area contributed by atoms with Crippen molar-refractivity contribution in [3.8, 4) is 11.6 Å². The zero-order chi connectivity index (χ0) is 18.1. The number of aromatic nitrogens is 1. The molecular formula is C16H14ClF3N2O2. The number of pyridine rings is 1. The van der Waals surface area contributed by atoms with Crippen LogP contribution in [0.1, 0.15) is 23.6 Å². The Hall–Kier alpha value is -2.28. The summed E-state index contributed by atoms with van der Waals surface area (Å²) in [5.74, 6) is 0.0424. The van der Waals surface area contributed by atoms with Crippen molar-refractivity contribution in [1.82, 2.24) is 4.98 Å². The summed E-state index contributed by atoms with van der Waals surface area (Å²) in [7, 11) is 0. The minimum absolute atomic E-state index is 0.0280. The molecule has 0 aliphatic heterocycles. The van der Waals surface area contributed by atoms with Crippen LogP contribution in [0.3, 0.4) is 0 Å². The highest BCUT2D eigenvalue weighted by atomic mass is 35.5. The number of ether oxygens (including phenoxy) is 1. The lowest BCUT2D eigenvalue weighted by molar-refractivity contribution is -0.137. The SMILES string of the molecule is CC(=O)Nc1cc(C)c(Oc2ncc(C(F)(F)F)cc2C)c(Cl)c1. The van der Waals surface area contributed by atoms with E-state index in [-0.39, 0.29) is 28.1 Å². The summed E-state index contributed by atoms with van der Waals surface area (Å²) in [6.45, 7) is 4.53. The molecule has 0 bridgehead atoms. The van der Waals surface area contributed by atoms with Crippen molar-refractivity contribution < 1.29 is 22.7 Å². The lowest BCUT2D eigenvalue weighted by atomic mass is 10.2. The Bertz CT molecular complexity index is 768. The molecule has 0 radical (unpaired) electrons. The molecule has 1 heterocycles. The second kappa shape index (κ2) is 6.68. The van der Waals surface area contributed by atoms with E-state index in [2.05, 4.69) is 10.3 Å². The molecule has 0 unspecified atom stereocenters. The third kappa shape index (κ3) is 4.17. The third-order valence-corrected chi connectivity index (χ3v) is 3.39. The average Bonchev–Trinajstić information content (AvgIpc) is 2.42. The maximum Gasteiger partial charge on any atom is 0.417 e. The number of hydrogen-bond acceptors (Lipinski definition) is 3. The van der Waals surface area contributed by atoms with Crippen LogP contribution in [0.25, 0.3) is 0 Å². The molecule has 1 aromatic carbocycles. The summed E-state index contributed by atoms with van der Waals surface area (Å²) in [4.78, 5) is 14.8. The second-order valence-corrected chi connectivity index (χ2v) is 5.64. The predicted molar refractivity (Wildman–Crippen MR) is 84.5 cm³/mol. The van der Waals surface area contributed by atoms with E-state index in [4.69, 9.17) is 16.3 Å². The van der Waals surface area contributed by atoms with Crippen molar-refractivity contribution in [3.05, 3.63) is 46.1 Å². The molecule has 1 aromatic heterocycles. The number of nitrogens with one attached hydrogen (secondary N) is 1. The van der Waals surface area contributed by atoms with Gasteiger partial charge in [0.1, 0.15) is 0 Å². The molecule has 0 atom stereocenters. The minimum Gasteiger partial charge on any atom is -0.437 e. The highest BCUT2D eigenvalue weighted by Gasteiger charge is 2.31. The van der Waals surface area contributed by atoms with Crippen LogP contribution in [0.15, 0.2) is 24.4 Å². The molecule has 1 amide bonds. The van der Waals surface area contributed by atoms with Crippen molar-refractivity contribution >= 4 is 23.2 Å². The first-order chi connectivity index (χ1) is 11.1. The fraction of sp³-hybridized carbons (Fsp3) is 0.250. The Morgan fingerprint density at radius 2 is 1.88 bits per heavy atom. The molecule has 0 aliphatic carbocycles. The van der Waals surface area contributed by atoms with Crippen LogP contribution < -0.4 is 10.1 Å². The van der Waals surface area contributed by atoms with Gasteiger partial charge >= 0.3 is 6.18 Å². The molecule has 1 N–H and O–H groups in total. The van der Waals surface area contributed by atoms with Crippen LogP contribution in [0.4, 0.5) is 18.9 Å². The molecule has 24 heavy (non-hydrogen) atoms. The monoisotopic (exact) mass is 358 g/mol. The van der Waals surface area contributed by atoms with Crippen molar-refractivity contribution in [2.45, 2.75) is 26.9 Å². The number of rotatable bonds is 3. The number of nitrogens with zero attached hydrogens (tertiary/aromatic N) is 1. The fourth-order valence-electron chi connectivity index (χ4n) is 2.06. The fourth-order valence-corrected chi connectivity index (χ4v) is 2.36. The first-order valence-corrected chi connectivity index (χ1v) is 7.25. The number of anilines is 1. The number of aryl methyl sites for hydroxylation is 2. The predicted octanol–water partition coefficient (Wildman–Crippen LogP) is 5.12. The van der Waals surface area contributed by atoms with Crippen LogP contribution in [-0.2, 0) is 11.0 Å². The molecule has 4 nitrogen and oxygen atoms in total. The molecular weight excluding hydrogens is 345 g/mol. The van der Waals surface area contributed by atoms with Gasteiger partial charge in [-0.25, -0.2) is 4.98 Å². The van der Waals surface area contributed by atoms with Gasteiger partial charge in [0, 0.05) is 24.4 Å². The zero-order valence-corrected chi connectivity index (χ0v) is 13.8. The Morgan fingerprint density at radius 1 is 1.21 bits per heavy atom. The Balaban J connectivity index is 2.33. The Morgan fingerprint density at radius 3 is 2.38 bits per heavy atom. The lowest BCUT2D eigenvalue weighted by Crippen LogP contribution is -2.07. The van der Waals surface area contributed by atoms with Gasteiger partial charge in [-0.15, -0.1) is 0 Å². The van der Waals surface area contributed by atoms with Crippen molar-refractivity contribution in [3.63, 3.8) is 0 Å². The van der Waals surface area contributed by atoms with Crippen molar-refractivity contribution in [2.75, 3.05) is 5.32 Å². The molecule has 0 saturated carbocycles. The molecule has 0 aliphatic rings. The quantitative estimate of drug-likeness (QED) is 0.828. The van der Waals surface area contributed by atoms with Gasteiger partial charge < -0.3 is 10.1 Å². The summed E-state index contributed by atoms with van der Waals surface area (Å²) in [6.07, 6.45) is -3.76. The number of alkyl halides is 3. The van der Waals surface area contributed by atoms with Gasteiger partial charge in [-0.1, -0.05) is 11.6 Å². The maximum atomic E-state index is 12.7. The van der Waals surface area contributed by atoms with Crippen LogP contribution in [-0.4, -0.2) is 10.9 Å². The van der Waals surface area contributed by atoms with E-state index in [0.717, 1.165) is 6.07 Å². The van der Waals surface area contributed by atoms with E-state index in [1.165, 1.54) is 19.9 Å². The van der Waals surface area contributed by atoms with Crippen molar-refractivity contribution in [2.24, 2.45) is 0 Å². The first-order valence-electron chi connectivity index (χ1n) is 6.87. The van der Waals surface area contributed by atoms with E-state index in [1.807, 2.05) is 0 Å². The summed E-state index contributed by atoms with van der Waals surface area (Å²) in [5, 5.41) is 2.80. The first kappa shape index (κ1) is 18.1. The average molecular weight is 359 g/mol. The van der Waals surface area contributed by atoms with Crippen molar-refractivity contribution in [1.29, 1.82) is 0 Å². The van der Waals surface area contributed by atoms with Crippen LogP contribution >= 0.6 is 11.6 Å². The van der Waals surface area contributed by atoms with Crippen LogP contribution in [0.2, 0.25) is 5.02 Å². The molecule has 0 saturated heterocycles. The van der Waals surface area contributed by atoms with E-state index in [1.54, 1.807) is 13.0 Å². The molecule has 8 heteroatoms. The molecule has 128 valence electrons. The molecule has 0 fully saturated rings. The van der Waals surface area contributed by atoms with E-state index in [0.29, 0.717) is 17.4 Å². The van der Waals surface area contributed by atoms with Gasteiger partial charge in [0.2, 0.25) is 11.8 Å². The van der Waals surface area contributed by atoms with Gasteiger partial charge in [0.15, 0.2) is 5.75 Å². The van der Waals surface area contributed by atoms with Gasteiger partial charge in [-0.3, -0.25) is 4.79 Å². The number of carbonyl (C=O) groups excluding carboxylic acids is 1. The Kier molecular flexibility index (Phi) is 5.03. The smallest absolute Gasteiger partial charge is 0.417 e. The largest absolute Gasteiger partial charge is 0.437 e. The van der Waals surface area contributed by atoms with Gasteiger partial charge in [0.25, 0.3) is 0 Å². The highest BCUT2D eigenvalue weighted by Crippen LogP contribution is 2.37. The maximum absolute atomic E-state index is 12.7. The summed E-state index contributed by atoms with van der Waals surface area (Å²) in [5.41, 5.74) is 0.476. The zero-order valence-electron chi connectivity index (χ0n) is 13.1. The number of hydrogen-bond donors (Lipinski definition) is 1. The van der Waals surface area contributed by atoms with E-state index < -0.39 is 11.7 Å². The third-order valence-electron chi connectivity index (χ3n) is 3.11. The molecule has 0 spiro atoms. The summed E-state index contributed by atoms with van der Waals surface area (Å²) < 4.78 is 43.6. The summed E-state index contributed by atoms with van der Waals surface area (Å²) in [6, 6.07) is 4.09.